The molecule has 104 valence electrons. The van der Waals surface area contributed by atoms with Gasteiger partial charge in [0.1, 0.15) is 0 Å². The third-order valence-electron chi connectivity index (χ3n) is 3.78. The van der Waals surface area contributed by atoms with Crippen molar-refractivity contribution in [3.63, 3.8) is 0 Å². The molecule has 0 spiro atoms. The molecule has 0 aromatic carbocycles. The summed E-state index contributed by atoms with van der Waals surface area (Å²) < 4.78 is 5.62. The third kappa shape index (κ3) is 3.45. The fourth-order valence-electron chi connectivity index (χ4n) is 2.48. The van der Waals surface area contributed by atoms with Gasteiger partial charge in [-0.15, -0.1) is 0 Å². The average Bonchev–Trinajstić information content (AvgIpc) is 3.09. The summed E-state index contributed by atoms with van der Waals surface area (Å²) in [6, 6.07) is -0.0372. The molecule has 0 aromatic rings. The first-order chi connectivity index (χ1) is 8.59. The standard InChI is InChI=1S/C14H26N2O2/c1-10(2)13-15-11(3)14(17)16(13)7-4-8-18-9-12-5-6-12/h10-13,15H,4-9H2,1-3H3. The zero-order valence-electron chi connectivity index (χ0n) is 11.8. The second-order valence-electron chi connectivity index (χ2n) is 5.98. The first kappa shape index (κ1) is 13.8. The number of carbonyl (C=O) groups excluding carboxylic acids is 1. The van der Waals surface area contributed by atoms with Crippen molar-refractivity contribution in [1.29, 1.82) is 0 Å². The molecule has 0 aromatic heterocycles. The summed E-state index contributed by atoms with van der Waals surface area (Å²) in [5.41, 5.74) is 0. The smallest absolute Gasteiger partial charge is 0.240 e. The van der Waals surface area contributed by atoms with Crippen molar-refractivity contribution in [3.05, 3.63) is 0 Å². The Labute approximate surface area is 110 Å². The third-order valence-corrected chi connectivity index (χ3v) is 3.78. The molecule has 1 aliphatic carbocycles. The number of hydrogen-bond donors (Lipinski definition) is 1. The average molecular weight is 254 g/mol. The van der Waals surface area contributed by atoms with Crippen LogP contribution in [-0.4, -0.2) is 42.8 Å². The van der Waals surface area contributed by atoms with Crippen LogP contribution in [0.3, 0.4) is 0 Å². The predicted octanol–water partition coefficient (Wildman–Crippen LogP) is 1.61. The van der Waals surface area contributed by atoms with Gasteiger partial charge in [-0.2, -0.15) is 0 Å². The molecule has 2 fully saturated rings. The van der Waals surface area contributed by atoms with Crippen LogP contribution in [-0.2, 0) is 9.53 Å². The monoisotopic (exact) mass is 254 g/mol. The highest BCUT2D eigenvalue weighted by atomic mass is 16.5. The van der Waals surface area contributed by atoms with Crippen molar-refractivity contribution < 1.29 is 9.53 Å². The minimum absolute atomic E-state index is 0.0372. The molecule has 2 atom stereocenters. The van der Waals surface area contributed by atoms with Crippen molar-refractivity contribution in [2.24, 2.45) is 11.8 Å². The maximum atomic E-state index is 12.0. The van der Waals surface area contributed by atoms with Crippen molar-refractivity contribution >= 4 is 5.91 Å². The zero-order chi connectivity index (χ0) is 13.1. The van der Waals surface area contributed by atoms with Crippen LogP contribution in [0.25, 0.3) is 0 Å². The number of rotatable bonds is 7. The number of ether oxygens (including phenoxy) is 1. The molecular formula is C14H26N2O2. The Bertz CT molecular complexity index is 290. The van der Waals surface area contributed by atoms with Crippen LogP contribution in [0.2, 0.25) is 0 Å². The summed E-state index contributed by atoms with van der Waals surface area (Å²) >= 11 is 0. The molecule has 1 saturated heterocycles. The summed E-state index contributed by atoms with van der Waals surface area (Å²) in [6.07, 6.45) is 3.80. The van der Waals surface area contributed by atoms with Crippen LogP contribution in [0.4, 0.5) is 0 Å². The van der Waals surface area contributed by atoms with E-state index >= 15 is 0 Å². The zero-order valence-corrected chi connectivity index (χ0v) is 11.8. The second-order valence-corrected chi connectivity index (χ2v) is 5.98. The summed E-state index contributed by atoms with van der Waals surface area (Å²) in [5, 5.41) is 3.36. The van der Waals surface area contributed by atoms with E-state index in [2.05, 4.69) is 19.2 Å². The van der Waals surface area contributed by atoms with Gasteiger partial charge in [-0.05, 0) is 38.0 Å². The molecule has 1 saturated carbocycles. The number of amides is 1. The Balaban J connectivity index is 1.69. The van der Waals surface area contributed by atoms with Crippen molar-refractivity contribution in [2.45, 2.75) is 52.2 Å². The van der Waals surface area contributed by atoms with E-state index in [1.807, 2.05) is 11.8 Å². The molecule has 2 rings (SSSR count). The van der Waals surface area contributed by atoms with Gasteiger partial charge in [0.25, 0.3) is 0 Å². The second kappa shape index (κ2) is 6.02. The highest BCUT2D eigenvalue weighted by Gasteiger charge is 2.37. The van der Waals surface area contributed by atoms with Crippen LogP contribution < -0.4 is 5.32 Å². The van der Waals surface area contributed by atoms with Gasteiger partial charge in [-0.1, -0.05) is 13.8 Å². The number of hydrogen-bond acceptors (Lipinski definition) is 3. The highest BCUT2D eigenvalue weighted by Crippen LogP contribution is 2.28. The molecule has 4 heteroatoms. The van der Waals surface area contributed by atoms with Gasteiger partial charge in [0, 0.05) is 19.8 Å². The molecule has 1 amide bonds. The van der Waals surface area contributed by atoms with Gasteiger partial charge in [-0.3, -0.25) is 10.1 Å². The molecule has 2 aliphatic rings. The van der Waals surface area contributed by atoms with Crippen LogP contribution in [0.15, 0.2) is 0 Å². The lowest BCUT2D eigenvalue weighted by Crippen LogP contribution is -2.42. The number of nitrogens with zero attached hydrogens (tertiary/aromatic N) is 1. The molecular weight excluding hydrogens is 228 g/mol. The molecule has 4 nitrogen and oxygen atoms in total. The number of carbonyl (C=O) groups is 1. The van der Waals surface area contributed by atoms with Gasteiger partial charge in [0.2, 0.25) is 5.91 Å². The predicted molar refractivity (Wildman–Crippen MR) is 71.1 cm³/mol. The fraction of sp³-hybridized carbons (Fsp3) is 0.929. The van der Waals surface area contributed by atoms with E-state index in [1.165, 1.54) is 12.8 Å². The van der Waals surface area contributed by atoms with Gasteiger partial charge < -0.3 is 9.64 Å². The molecule has 18 heavy (non-hydrogen) atoms. The fourth-order valence-corrected chi connectivity index (χ4v) is 2.48. The SMILES string of the molecule is CC1NC(C(C)C)N(CCCOCC2CC2)C1=O. The first-order valence-corrected chi connectivity index (χ1v) is 7.24. The topological polar surface area (TPSA) is 41.6 Å². The summed E-state index contributed by atoms with van der Waals surface area (Å²) in [6.45, 7) is 8.75. The van der Waals surface area contributed by atoms with Crippen LogP contribution in [0.1, 0.15) is 40.0 Å². The van der Waals surface area contributed by atoms with E-state index in [9.17, 15) is 4.79 Å². The lowest BCUT2D eigenvalue weighted by atomic mass is 10.1. The van der Waals surface area contributed by atoms with Gasteiger partial charge in [0.15, 0.2) is 0 Å². The molecule has 1 N–H and O–H groups in total. The Morgan fingerprint density at radius 2 is 2.17 bits per heavy atom. The van der Waals surface area contributed by atoms with Crippen molar-refractivity contribution in [3.8, 4) is 0 Å². The van der Waals surface area contributed by atoms with E-state index in [0.717, 1.165) is 32.1 Å². The van der Waals surface area contributed by atoms with Crippen molar-refractivity contribution in [1.82, 2.24) is 10.2 Å². The quantitative estimate of drug-likeness (QED) is 0.702. The Morgan fingerprint density at radius 1 is 1.44 bits per heavy atom. The maximum absolute atomic E-state index is 12.0. The largest absolute Gasteiger partial charge is 0.381 e. The summed E-state index contributed by atoms with van der Waals surface area (Å²) in [7, 11) is 0. The van der Waals surface area contributed by atoms with E-state index in [0.29, 0.717) is 5.92 Å². The highest BCUT2D eigenvalue weighted by molar-refractivity contribution is 5.83. The Morgan fingerprint density at radius 3 is 2.78 bits per heavy atom. The molecule has 2 unspecified atom stereocenters. The van der Waals surface area contributed by atoms with E-state index < -0.39 is 0 Å². The van der Waals surface area contributed by atoms with E-state index in [-0.39, 0.29) is 18.1 Å². The summed E-state index contributed by atoms with van der Waals surface area (Å²) in [5.74, 6) is 1.51. The number of nitrogens with one attached hydrogen (secondary N) is 1. The Kier molecular flexibility index (Phi) is 4.62. The lowest BCUT2D eigenvalue weighted by Gasteiger charge is -2.27. The molecule has 0 bridgehead atoms. The first-order valence-electron chi connectivity index (χ1n) is 7.24. The molecule has 0 radical (unpaired) electrons. The lowest BCUT2D eigenvalue weighted by molar-refractivity contribution is -0.130. The minimum atomic E-state index is -0.0372. The van der Waals surface area contributed by atoms with E-state index in [4.69, 9.17) is 4.74 Å². The normalized spacial score (nSPS) is 28.4. The van der Waals surface area contributed by atoms with Crippen molar-refractivity contribution in [2.75, 3.05) is 19.8 Å². The molecule has 1 heterocycles. The van der Waals surface area contributed by atoms with Crippen LogP contribution in [0.5, 0.6) is 0 Å². The summed E-state index contributed by atoms with van der Waals surface area (Å²) in [4.78, 5) is 14.0. The minimum Gasteiger partial charge on any atom is -0.381 e. The van der Waals surface area contributed by atoms with Gasteiger partial charge in [0.05, 0.1) is 12.2 Å². The maximum Gasteiger partial charge on any atom is 0.240 e. The van der Waals surface area contributed by atoms with Crippen LogP contribution in [0, 0.1) is 11.8 Å². The molecule has 1 aliphatic heterocycles. The van der Waals surface area contributed by atoms with Gasteiger partial charge >= 0.3 is 0 Å². The van der Waals surface area contributed by atoms with Crippen LogP contribution >= 0.6 is 0 Å². The van der Waals surface area contributed by atoms with E-state index in [1.54, 1.807) is 0 Å². The Hall–Kier alpha value is -0.610. The van der Waals surface area contributed by atoms with Gasteiger partial charge in [-0.25, -0.2) is 0 Å².